The first-order chi connectivity index (χ1) is 9.61. The van der Waals surface area contributed by atoms with E-state index in [4.69, 9.17) is 0 Å². The summed E-state index contributed by atoms with van der Waals surface area (Å²) in [6, 6.07) is 9.51. The topological polar surface area (TPSA) is 54.0 Å². The molecular formula is C16H19N3O. The molecule has 2 rings (SSSR count). The van der Waals surface area contributed by atoms with Crippen LogP contribution in [0.1, 0.15) is 28.5 Å². The van der Waals surface area contributed by atoms with Crippen LogP contribution >= 0.6 is 0 Å². The van der Waals surface area contributed by atoms with Gasteiger partial charge in [-0.2, -0.15) is 0 Å². The summed E-state index contributed by atoms with van der Waals surface area (Å²) in [6.45, 7) is 6.80. The zero-order valence-electron chi connectivity index (χ0n) is 12.0. The third kappa shape index (κ3) is 3.15. The Bertz CT molecular complexity index is 585. The number of aryl methyl sites for hydroxylation is 2. The summed E-state index contributed by atoms with van der Waals surface area (Å²) in [5, 5.41) is 6.07. The summed E-state index contributed by atoms with van der Waals surface area (Å²) in [6.07, 6.45) is 1.67. The first kappa shape index (κ1) is 14.1. The molecule has 104 valence electrons. The van der Waals surface area contributed by atoms with Gasteiger partial charge in [0.2, 0.25) is 0 Å². The fraction of sp³-hybridized carbons (Fsp3) is 0.250. The van der Waals surface area contributed by atoms with E-state index < -0.39 is 0 Å². The zero-order chi connectivity index (χ0) is 14.5. The predicted octanol–water partition coefficient (Wildman–Crippen LogP) is 3.38. The number of carbonyl (C=O) groups is 1. The summed E-state index contributed by atoms with van der Waals surface area (Å²) in [5.74, 6) is -0.189. The monoisotopic (exact) mass is 269 g/mol. The van der Waals surface area contributed by atoms with Gasteiger partial charge in [-0.05, 0) is 44.0 Å². The van der Waals surface area contributed by atoms with Crippen molar-refractivity contribution in [3.63, 3.8) is 0 Å². The van der Waals surface area contributed by atoms with Crippen molar-refractivity contribution in [1.82, 2.24) is 4.98 Å². The van der Waals surface area contributed by atoms with Crippen LogP contribution in [0, 0.1) is 13.8 Å². The van der Waals surface area contributed by atoms with Gasteiger partial charge in [0.15, 0.2) is 0 Å². The third-order valence-electron chi connectivity index (χ3n) is 3.10. The Kier molecular flexibility index (Phi) is 4.35. The van der Waals surface area contributed by atoms with E-state index >= 15 is 0 Å². The average molecular weight is 269 g/mol. The molecule has 4 heteroatoms. The van der Waals surface area contributed by atoms with E-state index in [1.807, 2.05) is 45.0 Å². The second kappa shape index (κ2) is 6.19. The van der Waals surface area contributed by atoms with E-state index in [1.165, 1.54) is 0 Å². The van der Waals surface area contributed by atoms with Crippen LogP contribution in [0.4, 0.5) is 11.4 Å². The van der Waals surface area contributed by atoms with Crippen molar-refractivity contribution in [1.29, 1.82) is 0 Å². The van der Waals surface area contributed by atoms with Crippen LogP contribution in [-0.4, -0.2) is 17.4 Å². The molecule has 2 N–H and O–H groups in total. The lowest BCUT2D eigenvalue weighted by Crippen LogP contribution is -2.15. The maximum atomic E-state index is 12.2. The van der Waals surface area contributed by atoms with Crippen molar-refractivity contribution in [3.8, 4) is 0 Å². The van der Waals surface area contributed by atoms with E-state index in [1.54, 1.807) is 12.3 Å². The lowest BCUT2D eigenvalue weighted by Gasteiger charge is -2.11. The molecule has 4 nitrogen and oxygen atoms in total. The number of anilines is 2. The molecule has 0 saturated heterocycles. The van der Waals surface area contributed by atoms with Gasteiger partial charge in [0.05, 0.1) is 11.9 Å². The number of hydrogen-bond donors (Lipinski definition) is 2. The quantitative estimate of drug-likeness (QED) is 0.894. The second-order valence-electron chi connectivity index (χ2n) is 4.68. The number of benzene rings is 1. The Morgan fingerprint density at radius 3 is 2.40 bits per heavy atom. The molecule has 1 aromatic heterocycles. The average Bonchev–Trinajstić information content (AvgIpc) is 2.44. The number of aromatic nitrogens is 1. The molecule has 0 aliphatic carbocycles. The highest BCUT2D eigenvalue weighted by Crippen LogP contribution is 2.20. The fourth-order valence-electron chi connectivity index (χ4n) is 2.03. The SMILES string of the molecule is CCNc1ccc(C(=O)Nc2c(C)cccc2C)nc1. The standard InChI is InChI=1S/C16H19N3O/c1-4-17-13-8-9-14(18-10-13)16(20)19-15-11(2)6-5-7-12(15)3/h5-10,17H,4H2,1-3H3,(H,19,20). The van der Waals surface area contributed by atoms with Crippen LogP contribution in [0.5, 0.6) is 0 Å². The minimum atomic E-state index is -0.189. The Morgan fingerprint density at radius 2 is 1.85 bits per heavy atom. The van der Waals surface area contributed by atoms with Crippen LogP contribution in [0.25, 0.3) is 0 Å². The van der Waals surface area contributed by atoms with Crippen molar-refractivity contribution in [2.24, 2.45) is 0 Å². The highest BCUT2D eigenvalue weighted by molar-refractivity contribution is 6.03. The summed E-state index contributed by atoms with van der Waals surface area (Å²) < 4.78 is 0. The molecule has 20 heavy (non-hydrogen) atoms. The van der Waals surface area contributed by atoms with Gasteiger partial charge in [-0.1, -0.05) is 18.2 Å². The number of nitrogens with zero attached hydrogens (tertiary/aromatic N) is 1. The van der Waals surface area contributed by atoms with Gasteiger partial charge >= 0.3 is 0 Å². The Labute approximate surface area is 119 Å². The van der Waals surface area contributed by atoms with Gasteiger partial charge in [-0.3, -0.25) is 4.79 Å². The van der Waals surface area contributed by atoms with E-state index in [-0.39, 0.29) is 5.91 Å². The molecule has 0 radical (unpaired) electrons. The van der Waals surface area contributed by atoms with Gasteiger partial charge in [0.25, 0.3) is 5.91 Å². The van der Waals surface area contributed by atoms with Gasteiger partial charge in [-0.25, -0.2) is 4.98 Å². The lowest BCUT2D eigenvalue weighted by atomic mass is 10.1. The molecular weight excluding hydrogens is 250 g/mol. The third-order valence-corrected chi connectivity index (χ3v) is 3.10. The number of hydrogen-bond acceptors (Lipinski definition) is 3. The number of amides is 1. The maximum absolute atomic E-state index is 12.2. The van der Waals surface area contributed by atoms with Crippen LogP contribution < -0.4 is 10.6 Å². The normalized spacial score (nSPS) is 10.2. The van der Waals surface area contributed by atoms with Gasteiger partial charge in [0.1, 0.15) is 5.69 Å². The molecule has 0 atom stereocenters. The van der Waals surface area contributed by atoms with Crippen LogP contribution in [-0.2, 0) is 0 Å². The highest BCUT2D eigenvalue weighted by atomic mass is 16.1. The van der Waals surface area contributed by atoms with Crippen molar-refractivity contribution in [2.75, 3.05) is 17.2 Å². The number of nitrogens with one attached hydrogen (secondary N) is 2. The number of carbonyl (C=O) groups excluding carboxylic acids is 1. The van der Waals surface area contributed by atoms with Crippen molar-refractivity contribution >= 4 is 17.3 Å². The van der Waals surface area contributed by atoms with Gasteiger partial charge < -0.3 is 10.6 Å². The van der Waals surface area contributed by atoms with E-state index in [2.05, 4.69) is 15.6 Å². The summed E-state index contributed by atoms with van der Waals surface area (Å²) in [7, 11) is 0. The van der Waals surface area contributed by atoms with E-state index in [9.17, 15) is 4.79 Å². The molecule has 0 bridgehead atoms. The fourth-order valence-corrected chi connectivity index (χ4v) is 2.03. The minimum Gasteiger partial charge on any atom is -0.384 e. The molecule has 1 amide bonds. The van der Waals surface area contributed by atoms with Gasteiger partial charge in [0, 0.05) is 12.2 Å². The summed E-state index contributed by atoms with van der Waals surface area (Å²) in [5.41, 5.74) is 4.27. The largest absolute Gasteiger partial charge is 0.384 e. The van der Waals surface area contributed by atoms with E-state index in [0.717, 1.165) is 29.0 Å². The summed E-state index contributed by atoms with van der Waals surface area (Å²) >= 11 is 0. The number of para-hydroxylation sites is 1. The first-order valence-corrected chi connectivity index (χ1v) is 6.69. The molecule has 0 saturated carbocycles. The van der Waals surface area contributed by atoms with Crippen LogP contribution in [0.15, 0.2) is 36.5 Å². The molecule has 2 aromatic rings. The zero-order valence-corrected chi connectivity index (χ0v) is 12.0. The molecule has 0 spiro atoms. The maximum Gasteiger partial charge on any atom is 0.274 e. The second-order valence-corrected chi connectivity index (χ2v) is 4.68. The molecule has 1 heterocycles. The smallest absolute Gasteiger partial charge is 0.274 e. The van der Waals surface area contributed by atoms with Crippen molar-refractivity contribution in [2.45, 2.75) is 20.8 Å². The molecule has 0 fully saturated rings. The van der Waals surface area contributed by atoms with Crippen molar-refractivity contribution < 1.29 is 4.79 Å². The van der Waals surface area contributed by atoms with Gasteiger partial charge in [-0.15, -0.1) is 0 Å². The molecule has 1 aromatic carbocycles. The Morgan fingerprint density at radius 1 is 1.15 bits per heavy atom. The Hall–Kier alpha value is -2.36. The molecule has 0 aliphatic heterocycles. The van der Waals surface area contributed by atoms with E-state index in [0.29, 0.717) is 5.69 Å². The highest BCUT2D eigenvalue weighted by Gasteiger charge is 2.10. The van der Waals surface area contributed by atoms with Crippen LogP contribution in [0.2, 0.25) is 0 Å². The molecule has 0 aliphatic rings. The lowest BCUT2D eigenvalue weighted by molar-refractivity contribution is 0.102. The first-order valence-electron chi connectivity index (χ1n) is 6.69. The predicted molar refractivity (Wildman–Crippen MR) is 82.3 cm³/mol. The van der Waals surface area contributed by atoms with Crippen LogP contribution in [0.3, 0.4) is 0 Å². The Balaban J connectivity index is 2.16. The number of rotatable bonds is 4. The minimum absolute atomic E-state index is 0.189. The molecule has 0 unspecified atom stereocenters. The number of pyridine rings is 1. The summed E-state index contributed by atoms with van der Waals surface area (Å²) in [4.78, 5) is 16.4. The van der Waals surface area contributed by atoms with Crippen molar-refractivity contribution in [3.05, 3.63) is 53.3 Å².